The highest BCUT2D eigenvalue weighted by Crippen LogP contribution is 2.57. The Morgan fingerprint density at radius 3 is 1.97 bits per heavy atom. The van der Waals surface area contributed by atoms with E-state index in [1.165, 1.54) is 14.2 Å². The highest BCUT2D eigenvalue weighted by atomic mass is 16.5. The molecule has 1 saturated carbocycles. The van der Waals surface area contributed by atoms with Crippen LogP contribution in [-0.2, 0) is 23.9 Å². The predicted molar refractivity (Wildman–Crippen MR) is 108 cm³/mol. The number of Topliss-reactive ketones (excluding diaryl/α,β-unsaturated/α-hetero) is 1. The van der Waals surface area contributed by atoms with E-state index in [1.807, 2.05) is 61.5 Å². The molecule has 5 nitrogen and oxygen atoms in total. The van der Waals surface area contributed by atoms with E-state index in [4.69, 9.17) is 9.47 Å². The molecule has 0 spiro atoms. The quantitative estimate of drug-likeness (QED) is 0.583. The number of rotatable bonds is 4. The van der Waals surface area contributed by atoms with Crippen molar-refractivity contribution in [2.45, 2.75) is 32.1 Å². The third-order valence-electron chi connectivity index (χ3n) is 6.14. The Morgan fingerprint density at radius 2 is 1.45 bits per heavy atom. The molecule has 1 aliphatic rings. The predicted octanol–water partition coefficient (Wildman–Crippen LogP) is 3.80. The third-order valence-corrected chi connectivity index (χ3v) is 6.14. The van der Waals surface area contributed by atoms with Crippen LogP contribution in [0.4, 0.5) is 0 Å². The Hall–Kier alpha value is -2.95. The highest BCUT2D eigenvalue weighted by molar-refractivity contribution is 6.05. The van der Waals surface area contributed by atoms with Gasteiger partial charge in [0.25, 0.3) is 0 Å². The lowest BCUT2D eigenvalue weighted by Crippen LogP contribution is -2.56. The van der Waals surface area contributed by atoms with Crippen LogP contribution >= 0.6 is 0 Å². The maximum Gasteiger partial charge on any atom is 0.324 e. The van der Waals surface area contributed by atoms with Crippen molar-refractivity contribution in [2.24, 2.45) is 11.3 Å². The van der Waals surface area contributed by atoms with E-state index in [0.717, 1.165) is 16.7 Å². The van der Waals surface area contributed by atoms with Gasteiger partial charge in [-0.1, -0.05) is 67.1 Å². The van der Waals surface area contributed by atoms with Gasteiger partial charge >= 0.3 is 11.9 Å². The second kappa shape index (κ2) is 8.19. The van der Waals surface area contributed by atoms with Gasteiger partial charge in [-0.2, -0.15) is 0 Å². The SMILES string of the molecule is COC(=O)C1(C(=O)OC)C(c2ccc(C)cc2)CC(=O)C(C)C1c1ccccc1. The zero-order chi connectivity index (χ0) is 21.2. The summed E-state index contributed by atoms with van der Waals surface area (Å²) in [5.41, 5.74) is 0.868. The van der Waals surface area contributed by atoms with E-state index in [9.17, 15) is 14.4 Å². The van der Waals surface area contributed by atoms with Crippen LogP contribution in [0.5, 0.6) is 0 Å². The number of ketones is 1. The number of ether oxygens (including phenoxy) is 2. The molecule has 5 heteroatoms. The molecular formula is C24H26O5. The van der Waals surface area contributed by atoms with Gasteiger partial charge in [-0.05, 0) is 18.1 Å². The van der Waals surface area contributed by atoms with Gasteiger partial charge < -0.3 is 9.47 Å². The van der Waals surface area contributed by atoms with E-state index < -0.39 is 35.1 Å². The van der Waals surface area contributed by atoms with Crippen molar-refractivity contribution in [1.29, 1.82) is 0 Å². The van der Waals surface area contributed by atoms with Crippen molar-refractivity contribution in [3.05, 3.63) is 71.3 Å². The Balaban J connectivity index is 2.33. The fraction of sp³-hybridized carbons (Fsp3) is 0.375. The molecule has 0 aromatic heterocycles. The molecule has 0 bridgehead atoms. The van der Waals surface area contributed by atoms with Crippen molar-refractivity contribution in [3.63, 3.8) is 0 Å². The lowest BCUT2D eigenvalue weighted by atomic mass is 9.53. The van der Waals surface area contributed by atoms with Crippen LogP contribution in [-0.4, -0.2) is 31.9 Å². The van der Waals surface area contributed by atoms with E-state index in [2.05, 4.69) is 0 Å². The van der Waals surface area contributed by atoms with E-state index in [1.54, 1.807) is 6.92 Å². The van der Waals surface area contributed by atoms with Crippen LogP contribution in [0.1, 0.15) is 41.9 Å². The number of hydrogen-bond donors (Lipinski definition) is 0. The molecule has 1 fully saturated rings. The second-order valence-electron chi connectivity index (χ2n) is 7.66. The summed E-state index contributed by atoms with van der Waals surface area (Å²) >= 11 is 0. The van der Waals surface area contributed by atoms with Gasteiger partial charge in [-0.25, -0.2) is 0 Å². The first-order valence-corrected chi connectivity index (χ1v) is 9.69. The lowest BCUT2D eigenvalue weighted by Gasteiger charge is -2.47. The van der Waals surface area contributed by atoms with Crippen LogP contribution in [0.3, 0.4) is 0 Å². The first-order valence-electron chi connectivity index (χ1n) is 9.69. The topological polar surface area (TPSA) is 69.7 Å². The molecule has 2 aromatic rings. The van der Waals surface area contributed by atoms with Crippen LogP contribution in [0, 0.1) is 18.3 Å². The molecule has 1 aliphatic carbocycles. The number of carbonyl (C=O) groups is 3. The molecular weight excluding hydrogens is 368 g/mol. The summed E-state index contributed by atoms with van der Waals surface area (Å²) in [5.74, 6) is -3.27. The normalized spacial score (nSPS) is 23.3. The maximum absolute atomic E-state index is 13.3. The molecule has 0 N–H and O–H groups in total. The van der Waals surface area contributed by atoms with Crippen molar-refractivity contribution < 1.29 is 23.9 Å². The smallest absolute Gasteiger partial charge is 0.324 e. The van der Waals surface area contributed by atoms with Crippen LogP contribution < -0.4 is 0 Å². The monoisotopic (exact) mass is 394 g/mol. The Kier molecular flexibility index (Phi) is 5.87. The fourth-order valence-corrected chi connectivity index (χ4v) is 4.70. The average molecular weight is 394 g/mol. The fourth-order valence-electron chi connectivity index (χ4n) is 4.70. The molecule has 0 heterocycles. The van der Waals surface area contributed by atoms with Crippen molar-refractivity contribution in [1.82, 2.24) is 0 Å². The molecule has 0 amide bonds. The zero-order valence-corrected chi connectivity index (χ0v) is 17.2. The van der Waals surface area contributed by atoms with Gasteiger partial charge in [0.15, 0.2) is 5.41 Å². The lowest BCUT2D eigenvalue weighted by molar-refractivity contribution is -0.177. The number of aryl methyl sites for hydroxylation is 1. The van der Waals surface area contributed by atoms with Crippen LogP contribution in [0.2, 0.25) is 0 Å². The largest absolute Gasteiger partial charge is 0.468 e. The van der Waals surface area contributed by atoms with Gasteiger partial charge in [0, 0.05) is 24.2 Å². The molecule has 29 heavy (non-hydrogen) atoms. The van der Waals surface area contributed by atoms with E-state index in [0.29, 0.717) is 0 Å². The van der Waals surface area contributed by atoms with Crippen LogP contribution in [0.25, 0.3) is 0 Å². The number of carbonyl (C=O) groups excluding carboxylic acids is 3. The first kappa shape index (κ1) is 20.8. The first-order chi connectivity index (χ1) is 13.9. The number of esters is 2. The van der Waals surface area contributed by atoms with Crippen molar-refractivity contribution in [2.75, 3.05) is 14.2 Å². The van der Waals surface area contributed by atoms with E-state index in [-0.39, 0.29) is 12.2 Å². The number of methoxy groups -OCH3 is 2. The molecule has 152 valence electrons. The van der Waals surface area contributed by atoms with Gasteiger partial charge in [-0.3, -0.25) is 14.4 Å². The molecule has 3 rings (SSSR count). The molecule has 3 atom stereocenters. The molecule has 3 unspecified atom stereocenters. The minimum absolute atomic E-state index is 0.00728. The maximum atomic E-state index is 13.3. The summed E-state index contributed by atoms with van der Waals surface area (Å²) in [6.45, 7) is 3.73. The van der Waals surface area contributed by atoms with Gasteiger partial charge in [0.2, 0.25) is 0 Å². The zero-order valence-electron chi connectivity index (χ0n) is 17.2. The summed E-state index contributed by atoms with van der Waals surface area (Å²) in [4.78, 5) is 39.7. The Morgan fingerprint density at radius 1 is 0.897 bits per heavy atom. The van der Waals surface area contributed by atoms with Crippen molar-refractivity contribution >= 4 is 17.7 Å². The third kappa shape index (κ3) is 3.35. The van der Waals surface area contributed by atoms with Gasteiger partial charge in [0.1, 0.15) is 5.78 Å². The molecule has 0 radical (unpaired) electrons. The Bertz CT molecular complexity index is 885. The summed E-state index contributed by atoms with van der Waals surface area (Å²) in [7, 11) is 2.53. The minimum Gasteiger partial charge on any atom is -0.468 e. The standard InChI is InChI=1S/C24H26O5/c1-15-10-12-17(13-11-15)19-14-20(25)16(2)21(18-8-6-5-7-9-18)24(19,22(26)28-3)23(27)29-4/h5-13,16,19,21H,14H2,1-4H3. The van der Waals surface area contributed by atoms with Gasteiger partial charge in [-0.15, -0.1) is 0 Å². The summed E-state index contributed by atoms with van der Waals surface area (Å²) in [6.07, 6.45) is 0.0672. The van der Waals surface area contributed by atoms with Crippen LogP contribution in [0.15, 0.2) is 54.6 Å². The number of hydrogen-bond acceptors (Lipinski definition) is 5. The second-order valence-corrected chi connectivity index (χ2v) is 7.66. The summed E-state index contributed by atoms with van der Waals surface area (Å²) < 4.78 is 10.4. The molecule has 2 aromatic carbocycles. The Labute approximate surface area is 171 Å². The van der Waals surface area contributed by atoms with Gasteiger partial charge in [0.05, 0.1) is 14.2 Å². The molecule has 0 aliphatic heterocycles. The van der Waals surface area contributed by atoms with Crippen molar-refractivity contribution in [3.8, 4) is 0 Å². The molecule has 0 saturated heterocycles. The summed E-state index contributed by atoms with van der Waals surface area (Å²) in [6, 6.07) is 16.8. The average Bonchev–Trinajstić information content (AvgIpc) is 2.75. The van der Waals surface area contributed by atoms with E-state index >= 15 is 0 Å². The summed E-state index contributed by atoms with van der Waals surface area (Å²) in [5, 5.41) is 0. The highest BCUT2D eigenvalue weighted by Gasteiger charge is 2.65. The number of benzene rings is 2. The minimum atomic E-state index is -1.66.